The Balaban J connectivity index is 1.90. The van der Waals surface area contributed by atoms with Gasteiger partial charge in [-0.05, 0) is 19.9 Å². The van der Waals surface area contributed by atoms with Gasteiger partial charge in [0.1, 0.15) is 5.82 Å². The van der Waals surface area contributed by atoms with E-state index >= 15 is 0 Å². The summed E-state index contributed by atoms with van der Waals surface area (Å²) in [6, 6.07) is 1.31. The first-order chi connectivity index (χ1) is 10.8. The van der Waals surface area contributed by atoms with E-state index in [1.54, 1.807) is 14.0 Å². The molecule has 1 aliphatic rings. The van der Waals surface area contributed by atoms with Gasteiger partial charge in [0.2, 0.25) is 0 Å². The number of rotatable bonds is 2. The first kappa shape index (κ1) is 15.3. The molecule has 0 bridgehead atoms. The van der Waals surface area contributed by atoms with Crippen molar-refractivity contribution in [1.29, 1.82) is 0 Å². The highest BCUT2D eigenvalue weighted by Gasteiger charge is 2.30. The SMILES string of the molecule is Cc1cc(C(=O)N2Cc3nc(C)n(C)c(=O)c3C2)nn1C(F)F. The molecule has 2 aromatic heterocycles. The van der Waals surface area contributed by atoms with Gasteiger partial charge in [0.05, 0.1) is 24.3 Å². The second kappa shape index (κ2) is 5.25. The van der Waals surface area contributed by atoms with Crippen LogP contribution in [0, 0.1) is 13.8 Å². The number of alkyl halides is 2. The molecule has 1 aliphatic heterocycles. The molecule has 0 radical (unpaired) electrons. The normalized spacial score (nSPS) is 13.7. The quantitative estimate of drug-likeness (QED) is 0.831. The van der Waals surface area contributed by atoms with Gasteiger partial charge in [-0.2, -0.15) is 13.9 Å². The molecule has 9 heteroatoms. The lowest BCUT2D eigenvalue weighted by Crippen LogP contribution is -2.28. The molecule has 3 heterocycles. The van der Waals surface area contributed by atoms with Crippen LogP contribution < -0.4 is 5.56 Å². The number of carbonyl (C=O) groups is 1. The highest BCUT2D eigenvalue weighted by atomic mass is 19.3. The first-order valence-corrected chi connectivity index (χ1v) is 6.98. The Morgan fingerprint density at radius 2 is 2.00 bits per heavy atom. The maximum absolute atomic E-state index is 12.8. The Hall–Kier alpha value is -2.58. The maximum Gasteiger partial charge on any atom is 0.333 e. The molecule has 0 atom stereocenters. The molecule has 3 rings (SSSR count). The summed E-state index contributed by atoms with van der Waals surface area (Å²) in [5, 5.41) is 3.65. The summed E-state index contributed by atoms with van der Waals surface area (Å²) >= 11 is 0. The molecule has 0 unspecified atom stereocenters. The van der Waals surface area contributed by atoms with E-state index in [1.807, 2.05) is 0 Å². The van der Waals surface area contributed by atoms with Crippen LogP contribution in [0.3, 0.4) is 0 Å². The average Bonchev–Trinajstić information content (AvgIpc) is 3.08. The predicted octanol–water partition coefficient (Wildman–Crippen LogP) is 1.14. The fourth-order valence-electron chi connectivity index (χ4n) is 2.62. The first-order valence-electron chi connectivity index (χ1n) is 6.98. The van der Waals surface area contributed by atoms with E-state index in [2.05, 4.69) is 10.1 Å². The lowest BCUT2D eigenvalue weighted by Gasteiger charge is -2.12. The van der Waals surface area contributed by atoms with Crippen LogP contribution in [0.4, 0.5) is 8.78 Å². The molecule has 0 saturated carbocycles. The van der Waals surface area contributed by atoms with E-state index in [9.17, 15) is 18.4 Å². The van der Waals surface area contributed by atoms with Gasteiger partial charge < -0.3 is 4.90 Å². The number of hydrogen-bond donors (Lipinski definition) is 0. The van der Waals surface area contributed by atoms with Gasteiger partial charge in [0.25, 0.3) is 11.5 Å². The van der Waals surface area contributed by atoms with E-state index in [1.165, 1.54) is 22.5 Å². The molecule has 0 N–H and O–H groups in total. The van der Waals surface area contributed by atoms with Crippen molar-refractivity contribution in [3.63, 3.8) is 0 Å². The van der Waals surface area contributed by atoms with Crippen molar-refractivity contribution in [1.82, 2.24) is 24.2 Å². The average molecular weight is 323 g/mol. The molecular weight excluding hydrogens is 308 g/mol. The Morgan fingerprint density at radius 1 is 1.30 bits per heavy atom. The van der Waals surface area contributed by atoms with Crippen molar-refractivity contribution in [2.75, 3.05) is 0 Å². The molecule has 2 aromatic rings. The number of fused-ring (bicyclic) bond motifs is 1. The Kier molecular flexibility index (Phi) is 3.50. The summed E-state index contributed by atoms with van der Waals surface area (Å²) in [6.45, 7) is 0.638. The molecule has 0 saturated heterocycles. The van der Waals surface area contributed by atoms with Gasteiger partial charge in [-0.3, -0.25) is 14.2 Å². The van der Waals surface area contributed by atoms with E-state index in [-0.39, 0.29) is 30.0 Å². The Morgan fingerprint density at radius 3 is 2.61 bits per heavy atom. The number of aryl methyl sites for hydroxylation is 2. The minimum Gasteiger partial charge on any atom is -0.327 e. The number of hydrogen-bond acceptors (Lipinski definition) is 4. The highest BCUT2D eigenvalue weighted by molar-refractivity contribution is 5.92. The summed E-state index contributed by atoms with van der Waals surface area (Å²) in [5.41, 5.74) is 0.937. The molecule has 0 spiro atoms. The van der Waals surface area contributed by atoms with Crippen LogP contribution in [0.2, 0.25) is 0 Å². The maximum atomic E-state index is 12.8. The summed E-state index contributed by atoms with van der Waals surface area (Å²) < 4.78 is 27.4. The number of halogens is 2. The molecule has 23 heavy (non-hydrogen) atoms. The predicted molar refractivity (Wildman–Crippen MR) is 76.0 cm³/mol. The van der Waals surface area contributed by atoms with E-state index in [4.69, 9.17) is 0 Å². The second-order valence-corrected chi connectivity index (χ2v) is 5.50. The van der Waals surface area contributed by atoms with E-state index in [0.717, 1.165) is 0 Å². The van der Waals surface area contributed by atoms with Crippen LogP contribution in [0.1, 0.15) is 39.8 Å². The van der Waals surface area contributed by atoms with Gasteiger partial charge in [-0.25, -0.2) is 9.67 Å². The van der Waals surface area contributed by atoms with Crippen molar-refractivity contribution in [2.45, 2.75) is 33.5 Å². The minimum atomic E-state index is -2.80. The lowest BCUT2D eigenvalue weighted by atomic mass is 10.2. The highest BCUT2D eigenvalue weighted by Crippen LogP contribution is 2.21. The number of aromatic nitrogens is 4. The number of carbonyl (C=O) groups excluding carboxylic acids is 1. The molecule has 0 aromatic carbocycles. The number of amides is 1. The lowest BCUT2D eigenvalue weighted by molar-refractivity contribution is 0.0531. The van der Waals surface area contributed by atoms with Crippen LogP contribution in [-0.2, 0) is 20.1 Å². The largest absolute Gasteiger partial charge is 0.333 e. The van der Waals surface area contributed by atoms with Crippen molar-refractivity contribution in [3.8, 4) is 0 Å². The van der Waals surface area contributed by atoms with E-state index < -0.39 is 12.5 Å². The third kappa shape index (κ3) is 2.41. The van der Waals surface area contributed by atoms with Gasteiger partial charge in [-0.1, -0.05) is 0 Å². The smallest absolute Gasteiger partial charge is 0.327 e. The van der Waals surface area contributed by atoms with Gasteiger partial charge >= 0.3 is 6.55 Å². The fourth-order valence-corrected chi connectivity index (χ4v) is 2.62. The third-order valence-corrected chi connectivity index (χ3v) is 4.00. The Bertz CT molecular complexity index is 856. The molecule has 122 valence electrons. The van der Waals surface area contributed by atoms with Crippen LogP contribution >= 0.6 is 0 Å². The molecule has 1 amide bonds. The third-order valence-electron chi connectivity index (χ3n) is 4.00. The topological polar surface area (TPSA) is 73.0 Å². The van der Waals surface area contributed by atoms with Crippen LogP contribution in [0.25, 0.3) is 0 Å². The summed E-state index contributed by atoms with van der Waals surface area (Å²) in [4.78, 5) is 30.4. The molecule has 7 nitrogen and oxygen atoms in total. The van der Waals surface area contributed by atoms with Crippen LogP contribution in [0.5, 0.6) is 0 Å². The van der Waals surface area contributed by atoms with Crippen LogP contribution in [0.15, 0.2) is 10.9 Å². The zero-order chi connectivity index (χ0) is 16.9. The van der Waals surface area contributed by atoms with Crippen molar-refractivity contribution in [3.05, 3.63) is 44.9 Å². The summed E-state index contributed by atoms with van der Waals surface area (Å²) in [5.74, 6) is 0.0612. The second-order valence-electron chi connectivity index (χ2n) is 5.50. The zero-order valence-electron chi connectivity index (χ0n) is 12.9. The van der Waals surface area contributed by atoms with Crippen molar-refractivity contribution in [2.24, 2.45) is 7.05 Å². The minimum absolute atomic E-state index is 0.0656. The standard InChI is InChI=1S/C14H15F2N5O2/c1-7-4-10(18-21(7)14(15)16)13(23)20-5-9-11(6-20)17-8(2)19(3)12(9)22/h4,14H,5-6H2,1-3H3. The molecule has 0 aliphatic carbocycles. The molecule has 0 fully saturated rings. The zero-order valence-corrected chi connectivity index (χ0v) is 12.9. The van der Waals surface area contributed by atoms with Gasteiger partial charge in [-0.15, -0.1) is 0 Å². The van der Waals surface area contributed by atoms with Crippen LogP contribution in [-0.4, -0.2) is 30.1 Å². The van der Waals surface area contributed by atoms with Gasteiger partial charge in [0.15, 0.2) is 5.69 Å². The summed E-state index contributed by atoms with van der Waals surface area (Å²) in [7, 11) is 1.61. The van der Waals surface area contributed by atoms with Crippen molar-refractivity contribution < 1.29 is 13.6 Å². The monoisotopic (exact) mass is 323 g/mol. The van der Waals surface area contributed by atoms with E-state index in [0.29, 0.717) is 21.8 Å². The fraction of sp³-hybridized carbons (Fsp3) is 0.429. The van der Waals surface area contributed by atoms with Crippen molar-refractivity contribution >= 4 is 5.91 Å². The van der Waals surface area contributed by atoms with Gasteiger partial charge in [0, 0.05) is 12.7 Å². The summed E-state index contributed by atoms with van der Waals surface area (Å²) in [6.07, 6.45) is 0. The molecular formula is C14H15F2N5O2. The number of nitrogens with zero attached hydrogens (tertiary/aromatic N) is 5. The Labute approximate surface area is 130 Å².